The molecular weight excluding hydrogens is 366 g/mol. The molecule has 0 aliphatic heterocycles. The summed E-state index contributed by atoms with van der Waals surface area (Å²) >= 11 is 0. The zero-order chi connectivity index (χ0) is 20.5. The normalized spacial score (nSPS) is 12.5. The minimum Gasteiger partial charge on any atom is -0.462 e. The number of nitrogens with zero attached hydrogens (tertiary/aromatic N) is 1. The molecule has 0 radical (unpaired) electrons. The molecular formula is C28H23NO. The second kappa shape index (κ2) is 5.99. The Morgan fingerprint density at radius 1 is 0.667 bits per heavy atom. The van der Waals surface area contributed by atoms with Gasteiger partial charge in [-0.1, -0.05) is 81.4 Å². The van der Waals surface area contributed by atoms with Gasteiger partial charge in [0.25, 0.3) is 0 Å². The Morgan fingerprint density at radius 3 is 1.97 bits per heavy atom. The third-order valence-corrected chi connectivity index (χ3v) is 6.17. The molecule has 0 saturated heterocycles. The van der Waals surface area contributed by atoms with Crippen molar-refractivity contribution in [3.63, 3.8) is 0 Å². The Bertz CT molecular complexity index is 1560. The molecule has 0 fully saturated rings. The summed E-state index contributed by atoms with van der Waals surface area (Å²) in [5, 5.41) is 6.27. The van der Waals surface area contributed by atoms with Crippen molar-refractivity contribution in [3.05, 3.63) is 90.7 Å². The smallest absolute Gasteiger partial charge is 0.159 e. The van der Waals surface area contributed by atoms with E-state index in [1.54, 1.807) is 0 Å². The van der Waals surface area contributed by atoms with Crippen molar-refractivity contribution in [1.29, 1.82) is 0 Å². The number of hydrogen-bond acceptors (Lipinski definition) is 1. The highest BCUT2D eigenvalue weighted by atomic mass is 16.3. The monoisotopic (exact) mass is 389 g/mol. The van der Waals surface area contributed by atoms with Gasteiger partial charge in [-0.05, 0) is 34.4 Å². The van der Waals surface area contributed by atoms with Crippen LogP contribution in [0.4, 0.5) is 0 Å². The first-order chi connectivity index (χ1) is 14.6. The van der Waals surface area contributed by atoms with Gasteiger partial charge in [0.1, 0.15) is 0 Å². The molecule has 0 aliphatic rings. The van der Waals surface area contributed by atoms with Gasteiger partial charge in [-0.3, -0.25) is 0 Å². The molecule has 30 heavy (non-hydrogen) atoms. The zero-order valence-corrected chi connectivity index (χ0v) is 17.4. The molecule has 0 atom stereocenters. The maximum absolute atomic E-state index is 6.37. The van der Waals surface area contributed by atoms with Crippen molar-refractivity contribution in [1.82, 2.24) is 4.57 Å². The van der Waals surface area contributed by atoms with Gasteiger partial charge in [-0.25, -0.2) is 0 Å². The Morgan fingerprint density at radius 2 is 1.27 bits per heavy atom. The summed E-state index contributed by atoms with van der Waals surface area (Å²) in [6.45, 7) is 6.76. The maximum atomic E-state index is 6.37. The van der Waals surface area contributed by atoms with Crippen LogP contribution >= 0.6 is 0 Å². The van der Waals surface area contributed by atoms with E-state index in [1.807, 2.05) is 6.26 Å². The van der Waals surface area contributed by atoms with Gasteiger partial charge >= 0.3 is 0 Å². The van der Waals surface area contributed by atoms with E-state index in [2.05, 4.69) is 104 Å². The lowest BCUT2D eigenvalue weighted by molar-refractivity contribution is 0.558. The highest BCUT2D eigenvalue weighted by Crippen LogP contribution is 2.45. The first-order valence-corrected chi connectivity index (χ1v) is 10.5. The Balaban J connectivity index is 1.98. The predicted molar refractivity (Wildman–Crippen MR) is 127 cm³/mol. The van der Waals surface area contributed by atoms with Gasteiger partial charge in [-0.15, -0.1) is 0 Å². The minimum atomic E-state index is -0.00864. The van der Waals surface area contributed by atoms with Crippen LogP contribution < -0.4 is 0 Å². The van der Waals surface area contributed by atoms with Crippen LogP contribution in [0.15, 0.2) is 89.5 Å². The SMILES string of the molecule is CC(C)(C)c1coc2c1c1ccccc1c1c3ccccc3n(-c3ccccc3)c21. The van der Waals surface area contributed by atoms with Gasteiger partial charge < -0.3 is 8.98 Å². The van der Waals surface area contributed by atoms with Crippen molar-refractivity contribution in [2.24, 2.45) is 0 Å². The lowest BCUT2D eigenvalue weighted by Crippen LogP contribution is -2.10. The van der Waals surface area contributed by atoms with Gasteiger partial charge in [0.15, 0.2) is 5.58 Å². The molecule has 2 heterocycles. The summed E-state index contributed by atoms with van der Waals surface area (Å²) in [7, 11) is 0. The lowest BCUT2D eigenvalue weighted by Gasteiger charge is -2.17. The molecule has 0 N–H and O–H groups in total. The summed E-state index contributed by atoms with van der Waals surface area (Å²) in [5.74, 6) is 0. The van der Waals surface area contributed by atoms with Crippen LogP contribution in [0, 0.1) is 0 Å². The van der Waals surface area contributed by atoms with Crippen LogP contribution in [-0.4, -0.2) is 4.57 Å². The third-order valence-electron chi connectivity index (χ3n) is 6.17. The largest absolute Gasteiger partial charge is 0.462 e. The van der Waals surface area contributed by atoms with Gasteiger partial charge in [0.05, 0.1) is 17.3 Å². The van der Waals surface area contributed by atoms with E-state index in [0.29, 0.717) is 0 Å². The van der Waals surface area contributed by atoms with Crippen LogP contribution in [0.25, 0.3) is 49.2 Å². The number of benzene rings is 4. The highest BCUT2D eigenvalue weighted by molar-refractivity contribution is 6.31. The van der Waals surface area contributed by atoms with E-state index in [9.17, 15) is 0 Å². The summed E-state index contributed by atoms with van der Waals surface area (Å²) in [6, 6.07) is 28.0. The van der Waals surface area contributed by atoms with Crippen molar-refractivity contribution in [2.45, 2.75) is 26.2 Å². The predicted octanol–water partition coefficient (Wildman–Crippen LogP) is 7.98. The number of fused-ring (bicyclic) bond motifs is 8. The van der Waals surface area contributed by atoms with E-state index in [0.717, 1.165) is 16.8 Å². The van der Waals surface area contributed by atoms with Crippen LogP contribution in [0.3, 0.4) is 0 Å². The average Bonchev–Trinajstić information content (AvgIpc) is 3.34. The van der Waals surface area contributed by atoms with Gasteiger partial charge in [-0.2, -0.15) is 0 Å². The number of furan rings is 1. The second-order valence-corrected chi connectivity index (χ2v) is 9.06. The molecule has 0 saturated carbocycles. The van der Waals surface area contributed by atoms with Crippen molar-refractivity contribution < 1.29 is 4.42 Å². The third kappa shape index (κ3) is 2.25. The maximum Gasteiger partial charge on any atom is 0.159 e. The molecule has 2 heteroatoms. The first-order valence-electron chi connectivity index (χ1n) is 10.5. The number of para-hydroxylation sites is 2. The van der Waals surface area contributed by atoms with Crippen molar-refractivity contribution in [2.75, 3.05) is 0 Å². The number of hydrogen-bond donors (Lipinski definition) is 0. The van der Waals surface area contributed by atoms with Crippen LogP contribution in [0.2, 0.25) is 0 Å². The van der Waals surface area contributed by atoms with Gasteiger partial charge in [0.2, 0.25) is 0 Å². The summed E-state index contributed by atoms with van der Waals surface area (Å²) in [6.07, 6.45) is 1.96. The number of aromatic nitrogens is 1. The summed E-state index contributed by atoms with van der Waals surface area (Å²) < 4.78 is 8.72. The first kappa shape index (κ1) is 17.3. The van der Waals surface area contributed by atoms with Gasteiger partial charge in [0, 0.05) is 27.4 Å². The molecule has 0 unspecified atom stereocenters. The van der Waals surface area contributed by atoms with E-state index in [4.69, 9.17) is 4.42 Å². The topological polar surface area (TPSA) is 18.1 Å². The Hall–Kier alpha value is -3.52. The van der Waals surface area contributed by atoms with E-state index in [1.165, 1.54) is 38.0 Å². The minimum absolute atomic E-state index is 0.00864. The zero-order valence-electron chi connectivity index (χ0n) is 17.4. The molecule has 0 spiro atoms. The second-order valence-electron chi connectivity index (χ2n) is 9.06. The molecule has 146 valence electrons. The number of rotatable bonds is 1. The Kier molecular flexibility index (Phi) is 3.47. The van der Waals surface area contributed by atoms with E-state index < -0.39 is 0 Å². The quantitative estimate of drug-likeness (QED) is 0.279. The Labute approximate surface area is 175 Å². The molecule has 2 aromatic heterocycles. The molecule has 6 aromatic rings. The van der Waals surface area contributed by atoms with Crippen LogP contribution in [0.1, 0.15) is 26.3 Å². The van der Waals surface area contributed by atoms with Crippen molar-refractivity contribution >= 4 is 43.5 Å². The summed E-state index contributed by atoms with van der Waals surface area (Å²) in [4.78, 5) is 0. The fourth-order valence-corrected chi connectivity index (χ4v) is 4.84. The average molecular weight is 389 g/mol. The fraction of sp³-hybridized carbons (Fsp3) is 0.143. The van der Waals surface area contributed by atoms with Crippen LogP contribution in [0.5, 0.6) is 0 Å². The van der Waals surface area contributed by atoms with Crippen molar-refractivity contribution in [3.8, 4) is 5.69 Å². The van der Waals surface area contributed by atoms with E-state index >= 15 is 0 Å². The molecule has 0 amide bonds. The van der Waals surface area contributed by atoms with E-state index in [-0.39, 0.29) is 5.41 Å². The molecule has 6 rings (SSSR count). The fourth-order valence-electron chi connectivity index (χ4n) is 4.84. The lowest BCUT2D eigenvalue weighted by atomic mass is 9.85. The molecule has 0 bridgehead atoms. The standard InChI is InChI=1S/C28H23NO/c1-28(2,3)22-17-30-27-25(22)20-14-8-7-13-19(20)24-21-15-9-10-16-23(21)29(26(24)27)18-11-5-4-6-12-18/h4-17H,1-3H3. The highest BCUT2D eigenvalue weighted by Gasteiger charge is 2.26. The molecule has 4 aromatic carbocycles. The summed E-state index contributed by atoms with van der Waals surface area (Å²) in [5.41, 5.74) is 5.70. The van der Waals surface area contributed by atoms with Crippen LogP contribution in [-0.2, 0) is 5.41 Å². The molecule has 2 nitrogen and oxygen atoms in total. The molecule has 0 aliphatic carbocycles.